The first kappa shape index (κ1) is 21.2. The second kappa shape index (κ2) is 10.1. The lowest BCUT2D eigenvalue weighted by molar-refractivity contribution is 0.162. The summed E-state index contributed by atoms with van der Waals surface area (Å²) in [5.41, 5.74) is 0.229. The highest BCUT2D eigenvalue weighted by atomic mass is 35.5. The quantitative estimate of drug-likeness (QED) is 0.636. The van der Waals surface area contributed by atoms with E-state index in [2.05, 4.69) is 16.8 Å². The van der Waals surface area contributed by atoms with Crippen LogP contribution < -0.4 is 5.32 Å². The van der Waals surface area contributed by atoms with Crippen LogP contribution in [0.4, 0.5) is 13.2 Å². The predicted octanol–water partition coefficient (Wildman–Crippen LogP) is 3.86. The van der Waals surface area contributed by atoms with Gasteiger partial charge in [-0.15, -0.1) is 31.4 Å². The van der Waals surface area contributed by atoms with Gasteiger partial charge in [-0.1, -0.05) is 12.1 Å². The van der Waals surface area contributed by atoms with Crippen LogP contribution in [0.2, 0.25) is 0 Å². The molecule has 2 rings (SSSR count). The Morgan fingerprint density at radius 2 is 1.77 bits per heavy atom. The van der Waals surface area contributed by atoms with Gasteiger partial charge in [0.25, 0.3) is 0 Å². The monoisotopic (exact) mass is 356 g/mol. The third-order valence-corrected chi connectivity index (χ3v) is 3.66. The first-order valence-corrected chi connectivity index (χ1v) is 6.84. The molecular weight excluding hydrogens is 336 g/mol. The van der Waals surface area contributed by atoms with Gasteiger partial charge in [0.05, 0.1) is 0 Å². The SMILES string of the molecule is C=CCC[C@@H](c1ccc(F)c(F)c1F)N1CCNCC1.Cl.Cl. The molecule has 1 aliphatic rings. The van der Waals surface area contributed by atoms with Crippen LogP contribution in [0.5, 0.6) is 0 Å². The molecule has 1 aliphatic heterocycles. The lowest BCUT2D eigenvalue weighted by atomic mass is 9.98. The van der Waals surface area contributed by atoms with Crippen molar-refractivity contribution in [3.05, 3.63) is 47.8 Å². The summed E-state index contributed by atoms with van der Waals surface area (Å²) in [5, 5.41) is 3.22. The molecule has 0 spiro atoms. The van der Waals surface area contributed by atoms with Crippen molar-refractivity contribution in [2.75, 3.05) is 26.2 Å². The van der Waals surface area contributed by atoms with E-state index in [0.29, 0.717) is 12.8 Å². The lowest BCUT2D eigenvalue weighted by Crippen LogP contribution is -2.45. The van der Waals surface area contributed by atoms with E-state index in [0.717, 1.165) is 32.2 Å². The molecule has 1 N–H and O–H groups in total. The van der Waals surface area contributed by atoms with E-state index in [-0.39, 0.29) is 36.4 Å². The number of hydrogen-bond acceptors (Lipinski definition) is 2. The summed E-state index contributed by atoms with van der Waals surface area (Å²) in [6.45, 7) is 6.83. The predicted molar refractivity (Wildman–Crippen MR) is 87.4 cm³/mol. The summed E-state index contributed by atoms with van der Waals surface area (Å²) >= 11 is 0. The van der Waals surface area contributed by atoms with Gasteiger partial charge in [0.15, 0.2) is 17.5 Å². The summed E-state index contributed by atoms with van der Waals surface area (Å²) in [7, 11) is 0. The summed E-state index contributed by atoms with van der Waals surface area (Å²) in [4.78, 5) is 2.11. The minimum Gasteiger partial charge on any atom is -0.314 e. The van der Waals surface area contributed by atoms with Crippen molar-refractivity contribution in [1.29, 1.82) is 0 Å². The average Bonchev–Trinajstić information content (AvgIpc) is 2.48. The molecule has 0 amide bonds. The zero-order chi connectivity index (χ0) is 14.5. The number of allylic oxidation sites excluding steroid dienone is 1. The number of halogens is 5. The Morgan fingerprint density at radius 3 is 2.36 bits per heavy atom. The van der Waals surface area contributed by atoms with Crippen molar-refractivity contribution in [1.82, 2.24) is 10.2 Å². The molecule has 0 saturated carbocycles. The Kier molecular flexibility index (Phi) is 9.76. The molecule has 0 radical (unpaired) electrons. The van der Waals surface area contributed by atoms with Gasteiger partial charge in [-0.2, -0.15) is 0 Å². The fraction of sp³-hybridized carbons (Fsp3) is 0.467. The molecule has 7 heteroatoms. The molecule has 22 heavy (non-hydrogen) atoms. The standard InChI is InChI=1S/C15H19F3N2.2ClH/c1-2-3-4-13(20-9-7-19-8-10-20)11-5-6-12(16)15(18)14(11)17;;/h2,5-6,13,19H,1,3-4,7-10H2;2*1H/t13-;;/m0../s1. The number of nitrogens with one attached hydrogen (secondary N) is 1. The van der Waals surface area contributed by atoms with E-state index >= 15 is 0 Å². The van der Waals surface area contributed by atoms with Gasteiger partial charge >= 0.3 is 0 Å². The van der Waals surface area contributed by atoms with Crippen molar-refractivity contribution in [2.24, 2.45) is 0 Å². The maximum absolute atomic E-state index is 14.0. The topological polar surface area (TPSA) is 15.3 Å². The van der Waals surface area contributed by atoms with Crippen molar-refractivity contribution in [3.63, 3.8) is 0 Å². The Hall–Kier alpha value is -0.750. The second-order valence-electron chi connectivity index (χ2n) is 4.93. The molecule has 1 aromatic rings. The Labute approximate surface area is 141 Å². The normalized spacial score (nSPS) is 16.3. The van der Waals surface area contributed by atoms with E-state index in [9.17, 15) is 13.2 Å². The van der Waals surface area contributed by atoms with E-state index in [1.807, 2.05) is 0 Å². The summed E-state index contributed by atoms with van der Waals surface area (Å²) in [6.07, 6.45) is 3.10. The summed E-state index contributed by atoms with van der Waals surface area (Å²) in [6, 6.07) is 2.10. The number of hydrogen-bond donors (Lipinski definition) is 1. The summed E-state index contributed by atoms with van der Waals surface area (Å²) in [5.74, 6) is -3.60. The molecule has 2 nitrogen and oxygen atoms in total. The number of piperazine rings is 1. The van der Waals surface area contributed by atoms with Gasteiger partial charge in [0.1, 0.15) is 0 Å². The largest absolute Gasteiger partial charge is 0.314 e. The molecular formula is C15H21Cl2F3N2. The van der Waals surface area contributed by atoms with Gasteiger partial charge in [-0.25, -0.2) is 13.2 Å². The van der Waals surface area contributed by atoms with Crippen molar-refractivity contribution >= 4 is 24.8 Å². The van der Waals surface area contributed by atoms with Gasteiger partial charge in [0.2, 0.25) is 0 Å². The Balaban J connectivity index is 0.00000220. The van der Waals surface area contributed by atoms with Crippen LogP contribution in [-0.4, -0.2) is 31.1 Å². The zero-order valence-corrected chi connectivity index (χ0v) is 13.8. The van der Waals surface area contributed by atoms with E-state index in [1.54, 1.807) is 6.08 Å². The van der Waals surface area contributed by atoms with Crippen LogP contribution in [0, 0.1) is 17.5 Å². The Morgan fingerprint density at radius 1 is 1.14 bits per heavy atom. The van der Waals surface area contributed by atoms with E-state index in [1.165, 1.54) is 6.07 Å². The summed E-state index contributed by atoms with van der Waals surface area (Å²) < 4.78 is 40.5. The van der Waals surface area contributed by atoms with Crippen LogP contribution >= 0.6 is 24.8 Å². The lowest BCUT2D eigenvalue weighted by Gasteiger charge is -2.35. The van der Waals surface area contributed by atoms with Crippen LogP contribution in [0.3, 0.4) is 0 Å². The molecule has 1 atom stereocenters. The van der Waals surface area contributed by atoms with Crippen molar-refractivity contribution in [2.45, 2.75) is 18.9 Å². The van der Waals surface area contributed by atoms with E-state index < -0.39 is 17.5 Å². The van der Waals surface area contributed by atoms with Crippen LogP contribution in [0.1, 0.15) is 24.4 Å². The first-order valence-electron chi connectivity index (χ1n) is 6.84. The average molecular weight is 357 g/mol. The van der Waals surface area contributed by atoms with Gasteiger partial charge in [-0.05, 0) is 18.9 Å². The molecule has 1 saturated heterocycles. The minimum atomic E-state index is -1.39. The van der Waals surface area contributed by atoms with Crippen LogP contribution in [0.15, 0.2) is 24.8 Å². The molecule has 0 bridgehead atoms. The van der Waals surface area contributed by atoms with Crippen LogP contribution in [-0.2, 0) is 0 Å². The molecule has 1 heterocycles. The highest BCUT2D eigenvalue weighted by Crippen LogP contribution is 2.30. The molecule has 0 unspecified atom stereocenters. The van der Waals surface area contributed by atoms with Crippen LogP contribution in [0.25, 0.3) is 0 Å². The minimum absolute atomic E-state index is 0. The van der Waals surface area contributed by atoms with Crippen molar-refractivity contribution in [3.8, 4) is 0 Å². The fourth-order valence-corrected chi connectivity index (χ4v) is 2.60. The van der Waals surface area contributed by atoms with E-state index in [4.69, 9.17) is 0 Å². The number of benzene rings is 1. The van der Waals surface area contributed by atoms with Gasteiger partial charge < -0.3 is 5.32 Å². The van der Waals surface area contributed by atoms with Gasteiger partial charge in [-0.3, -0.25) is 4.90 Å². The maximum Gasteiger partial charge on any atom is 0.194 e. The highest BCUT2D eigenvalue weighted by Gasteiger charge is 2.26. The smallest absolute Gasteiger partial charge is 0.194 e. The second-order valence-corrected chi connectivity index (χ2v) is 4.93. The highest BCUT2D eigenvalue weighted by molar-refractivity contribution is 5.85. The third-order valence-electron chi connectivity index (χ3n) is 3.66. The third kappa shape index (κ3) is 4.88. The Bertz CT molecular complexity index is 480. The number of rotatable bonds is 5. The molecule has 126 valence electrons. The molecule has 1 aromatic carbocycles. The molecule has 0 aliphatic carbocycles. The first-order chi connectivity index (χ1) is 9.65. The number of nitrogens with zero attached hydrogens (tertiary/aromatic N) is 1. The maximum atomic E-state index is 14.0. The molecule has 1 fully saturated rings. The van der Waals surface area contributed by atoms with Crippen molar-refractivity contribution < 1.29 is 13.2 Å². The molecule has 0 aromatic heterocycles. The van der Waals surface area contributed by atoms with Gasteiger partial charge in [0, 0.05) is 37.8 Å². The zero-order valence-electron chi connectivity index (χ0n) is 12.2. The fourth-order valence-electron chi connectivity index (χ4n) is 2.60.